The number of sulfonamides is 1. The van der Waals surface area contributed by atoms with Crippen molar-refractivity contribution in [2.45, 2.75) is 25.7 Å². The van der Waals surface area contributed by atoms with Gasteiger partial charge in [0.2, 0.25) is 10.0 Å². The van der Waals surface area contributed by atoms with Crippen LogP contribution in [0.1, 0.15) is 36.0 Å². The van der Waals surface area contributed by atoms with Crippen LogP contribution in [0.4, 0.5) is 5.69 Å². The van der Waals surface area contributed by atoms with Gasteiger partial charge in [-0.1, -0.05) is 24.4 Å². The highest BCUT2D eigenvalue weighted by Gasteiger charge is 2.21. The summed E-state index contributed by atoms with van der Waals surface area (Å²) in [5.41, 5.74) is 0.793. The number of amides is 1. The van der Waals surface area contributed by atoms with Crippen LogP contribution in [-0.2, 0) is 10.0 Å². The fraction of sp³-hybridized carbons (Fsp3) is 0.533. The average molecular weight is 345 g/mol. The van der Waals surface area contributed by atoms with E-state index in [1.54, 1.807) is 23.1 Å². The van der Waals surface area contributed by atoms with Crippen molar-refractivity contribution < 1.29 is 13.2 Å². The first-order valence-electron chi connectivity index (χ1n) is 7.33. The number of hydrogen-bond acceptors (Lipinski definition) is 3. The molecule has 7 heteroatoms. The quantitative estimate of drug-likeness (QED) is 0.847. The summed E-state index contributed by atoms with van der Waals surface area (Å²) >= 11 is 6.15. The van der Waals surface area contributed by atoms with Crippen molar-refractivity contribution >= 4 is 33.2 Å². The molecule has 0 N–H and O–H groups in total. The Labute approximate surface area is 136 Å². The van der Waals surface area contributed by atoms with E-state index in [2.05, 4.69) is 0 Å². The van der Waals surface area contributed by atoms with E-state index in [0.717, 1.165) is 49.3 Å². The lowest BCUT2D eigenvalue weighted by molar-refractivity contribution is 0.0762. The van der Waals surface area contributed by atoms with E-state index in [0.29, 0.717) is 16.3 Å². The molecule has 1 aromatic rings. The second-order valence-electron chi connectivity index (χ2n) is 5.60. The van der Waals surface area contributed by atoms with Gasteiger partial charge >= 0.3 is 0 Å². The minimum atomic E-state index is -3.38. The Morgan fingerprint density at radius 2 is 1.77 bits per heavy atom. The van der Waals surface area contributed by atoms with Gasteiger partial charge in [-0.15, -0.1) is 0 Å². The molecule has 5 nitrogen and oxygen atoms in total. The van der Waals surface area contributed by atoms with E-state index in [-0.39, 0.29) is 5.91 Å². The van der Waals surface area contributed by atoms with Crippen LogP contribution in [0.15, 0.2) is 18.2 Å². The monoisotopic (exact) mass is 344 g/mol. The third-order valence-corrected chi connectivity index (χ3v) is 5.47. The van der Waals surface area contributed by atoms with Gasteiger partial charge < -0.3 is 4.90 Å². The first-order chi connectivity index (χ1) is 10.3. The second kappa shape index (κ2) is 6.87. The largest absolute Gasteiger partial charge is 0.339 e. The van der Waals surface area contributed by atoms with Gasteiger partial charge in [-0.3, -0.25) is 9.10 Å². The Morgan fingerprint density at radius 3 is 2.32 bits per heavy atom. The minimum absolute atomic E-state index is 0.129. The van der Waals surface area contributed by atoms with Crippen molar-refractivity contribution in [2.75, 3.05) is 30.7 Å². The second-order valence-corrected chi connectivity index (χ2v) is 8.02. The Bertz CT molecular complexity index is 653. The first kappa shape index (κ1) is 17.1. The summed E-state index contributed by atoms with van der Waals surface area (Å²) in [5.74, 6) is -0.129. The van der Waals surface area contributed by atoms with Gasteiger partial charge in [-0.2, -0.15) is 0 Å². The van der Waals surface area contributed by atoms with Crippen LogP contribution < -0.4 is 4.31 Å². The van der Waals surface area contributed by atoms with Crippen LogP contribution in [0.3, 0.4) is 0 Å². The molecular weight excluding hydrogens is 324 g/mol. The number of halogens is 1. The molecule has 0 spiro atoms. The summed E-state index contributed by atoms with van der Waals surface area (Å²) in [5, 5.41) is 0.347. The van der Waals surface area contributed by atoms with E-state index >= 15 is 0 Å². The van der Waals surface area contributed by atoms with Gasteiger partial charge in [0.1, 0.15) is 0 Å². The molecular formula is C15H21ClN2O3S. The summed E-state index contributed by atoms with van der Waals surface area (Å²) in [4.78, 5) is 14.5. The fourth-order valence-corrected chi connectivity index (χ4v) is 3.20. The van der Waals surface area contributed by atoms with Gasteiger partial charge in [0.25, 0.3) is 5.91 Å². The van der Waals surface area contributed by atoms with Crippen LogP contribution in [-0.4, -0.2) is 45.6 Å². The number of carbonyl (C=O) groups is 1. The van der Waals surface area contributed by atoms with Crippen molar-refractivity contribution in [1.82, 2.24) is 4.90 Å². The predicted octanol–water partition coefficient (Wildman–Crippen LogP) is 2.75. The van der Waals surface area contributed by atoms with Gasteiger partial charge in [0.05, 0.1) is 22.5 Å². The number of rotatable bonds is 3. The standard InChI is InChI=1S/C15H21ClN2O3S/c1-17(22(2,20)21)12-7-8-14(16)13(11-12)15(19)18-9-5-3-4-6-10-18/h7-8,11H,3-6,9-10H2,1-2H3. The molecule has 0 atom stereocenters. The summed E-state index contributed by atoms with van der Waals surface area (Å²) in [6, 6.07) is 4.73. The molecule has 0 saturated carbocycles. The molecule has 0 aromatic heterocycles. The molecule has 1 amide bonds. The minimum Gasteiger partial charge on any atom is -0.339 e. The number of benzene rings is 1. The Kier molecular flexibility index (Phi) is 5.34. The normalized spacial score (nSPS) is 16.2. The van der Waals surface area contributed by atoms with E-state index in [4.69, 9.17) is 11.6 Å². The van der Waals surface area contributed by atoms with Crippen LogP contribution in [0, 0.1) is 0 Å². The van der Waals surface area contributed by atoms with Crippen LogP contribution in [0.25, 0.3) is 0 Å². The fourth-order valence-electron chi connectivity index (χ4n) is 2.51. The SMILES string of the molecule is CN(c1ccc(Cl)c(C(=O)N2CCCCCC2)c1)S(C)(=O)=O. The van der Waals surface area contributed by atoms with Gasteiger partial charge in [0, 0.05) is 20.1 Å². The van der Waals surface area contributed by atoms with Crippen LogP contribution in [0.5, 0.6) is 0 Å². The average Bonchev–Trinajstić information content (AvgIpc) is 2.74. The van der Waals surface area contributed by atoms with Crippen molar-refractivity contribution in [3.63, 3.8) is 0 Å². The number of likely N-dealkylation sites (tertiary alicyclic amines) is 1. The smallest absolute Gasteiger partial charge is 0.255 e. The highest BCUT2D eigenvalue weighted by atomic mass is 35.5. The van der Waals surface area contributed by atoms with Gasteiger partial charge in [-0.05, 0) is 31.0 Å². The molecule has 1 aliphatic heterocycles. The molecule has 2 rings (SSSR count). The molecule has 0 radical (unpaired) electrons. The van der Waals surface area contributed by atoms with E-state index < -0.39 is 10.0 Å². The number of hydrogen-bond donors (Lipinski definition) is 0. The molecule has 1 saturated heterocycles. The zero-order valence-electron chi connectivity index (χ0n) is 12.9. The number of carbonyl (C=O) groups excluding carboxylic acids is 1. The van der Waals surface area contributed by atoms with E-state index in [9.17, 15) is 13.2 Å². The van der Waals surface area contributed by atoms with Crippen LogP contribution in [0.2, 0.25) is 5.02 Å². The molecule has 122 valence electrons. The molecule has 1 aliphatic rings. The summed E-state index contributed by atoms with van der Waals surface area (Å²) in [6.45, 7) is 1.45. The third-order valence-electron chi connectivity index (χ3n) is 3.93. The highest BCUT2D eigenvalue weighted by Crippen LogP contribution is 2.26. The summed E-state index contributed by atoms with van der Waals surface area (Å²) in [6.07, 6.45) is 5.37. The van der Waals surface area contributed by atoms with Crippen molar-refractivity contribution in [1.29, 1.82) is 0 Å². The number of anilines is 1. The lowest BCUT2D eigenvalue weighted by Gasteiger charge is -2.22. The molecule has 0 bridgehead atoms. The Morgan fingerprint density at radius 1 is 1.18 bits per heavy atom. The molecule has 22 heavy (non-hydrogen) atoms. The Balaban J connectivity index is 2.31. The molecule has 1 heterocycles. The maximum Gasteiger partial charge on any atom is 0.255 e. The summed E-state index contributed by atoms with van der Waals surface area (Å²) in [7, 11) is -1.92. The zero-order valence-corrected chi connectivity index (χ0v) is 14.5. The lowest BCUT2D eigenvalue weighted by Crippen LogP contribution is -2.32. The zero-order chi connectivity index (χ0) is 16.3. The van der Waals surface area contributed by atoms with Crippen LogP contribution >= 0.6 is 11.6 Å². The van der Waals surface area contributed by atoms with Crippen molar-refractivity contribution in [3.8, 4) is 0 Å². The maximum atomic E-state index is 12.7. The maximum absolute atomic E-state index is 12.7. The first-order valence-corrected chi connectivity index (χ1v) is 9.56. The molecule has 0 aliphatic carbocycles. The third kappa shape index (κ3) is 3.93. The molecule has 1 aromatic carbocycles. The summed E-state index contributed by atoms with van der Waals surface area (Å²) < 4.78 is 24.4. The van der Waals surface area contributed by atoms with E-state index in [1.807, 2.05) is 0 Å². The Hall–Kier alpha value is -1.27. The van der Waals surface area contributed by atoms with Crippen molar-refractivity contribution in [3.05, 3.63) is 28.8 Å². The van der Waals surface area contributed by atoms with E-state index in [1.165, 1.54) is 7.05 Å². The topological polar surface area (TPSA) is 57.7 Å². The number of nitrogens with zero attached hydrogens (tertiary/aromatic N) is 2. The molecule has 0 unspecified atom stereocenters. The lowest BCUT2D eigenvalue weighted by atomic mass is 10.1. The predicted molar refractivity (Wildman–Crippen MR) is 89.1 cm³/mol. The van der Waals surface area contributed by atoms with Gasteiger partial charge in [-0.25, -0.2) is 8.42 Å². The van der Waals surface area contributed by atoms with Gasteiger partial charge in [0.15, 0.2) is 0 Å². The highest BCUT2D eigenvalue weighted by molar-refractivity contribution is 7.92. The van der Waals surface area contributed by atoms with Crippen molar-refractivity contribution in [2.24, 2.45) is 0 Å². The molecule has 1 fully saturated rings.